The van der Waals surface area contributed by atoms with Crippen LogP contribution < -0.4 is 0 Å². The Kier molecular flexibility index (Phi) is 6.36. The van der Waals surface area contributed by atoms with Gasteiger partial charge < -0.3 is 9.84 Å². The van der Waals surface area contributed by atoms with E-state index >= 15 is 0 Å². The first kappa shape index (κ1) is 13.3. The van der Waals surface area contributed by atoms with E-state index < -0.39 is 12.1 Å². The van der Waals surface area contributed by atoms with E-state index in [1.807, 2.05) is 0 Å². The Hall–Kier alpha value is -0.710. The van der Waals surface area contributed by atoms with Crippen LogP contribution in [0.25, 0.3) is 0 Å². The van der Waals surface area contributed by atoms with Crippen LogP contribution in [0.2, 0.25) is 0 Å². The largest absolute Gasteiger partial charge is 0.475 e. The number of carboxylic acids is 1. The van der Waals surface area contributed by atoms with Gasteiger partial charge in [-0.3, -0.25) is 0 Å². The van der Waals surface area contributed by atoms with E-state index in [9.17, 15) is 13.6 Å². The standard InChI is InChI=1S/C9H16F2O3/c1-2-3-4-5-6-7-14-9(10,11)8(12)13/h2-7H2,1H3,(H,12,13). The van der Waals surface area contributed by atoms with Gasteiger partial charge in [0, 0.05) is 0 Å². The Balaban J connectivity index is 3.40. The molecule has 0 rings (SSSR count). The zero-order chi connectivity index (χ0) is 11.0. The van der Waals surface area contributed by atoms with Gasteiger partial charge in [0.25, 0.3) is 0 Å². The summed E-state index contributed by atoms with van der Waals surface area (Å²) in [6.07, 6.45) is 0.344. The average molecular weight is 210 g/mol. The number of unbranched alkanes of at least 4 members (excludes halogenated alkanes) is 4. The summed E-state index contributed by atoms with van der Waals surface area (Å²) in [7, 11) is 0. The van der Waals surface area contributed by atoms with E-state index in [2.05, 4.69) is 11.7 Å². The van der Waals surface area contributed by atoms with Gasteiger partial charge in [0.15, 0.2) is 0 Å². The first-order valence-electron chi connectivity index (χ1n) is 4.76. The minimum atomic E-state index is -4.04. The fourth-order valence-electron chi connectivity index (χ4n) is 0.968. The summed E-state index contributed by atoms with van der Waals surface area (Å²) in [4.78, 5) is 9.91. The molecular formula is C9H16F2O3. The predicted octanol–water partition coefficient (Wildman–Crippen LogP) is 2.65. The summed E-state index contributed by atoms with van der Waals surface area (Å²) in [6.45, 7) is 1.85. The van der Waals surface area contributed by atoms with Crippen LogP contribution in [0.1, 0.15) is 39.0 Å². The maximum absolute atomic E-state index is 12.3. The SMILES string of the molecule is CCCCCCCOC(F)(F)C(=O)O. The van der Waals surface area contributed by atoms with Crippen LogP contribution in [0.15, 0.2) is 0 Å². The number of ether oxygens (including phenoxy) is 1. The van der Waals surface area contributed by atoms with Crippen LogP contribution in [0, 0.1) is 0 Å². The van der Waals surface area contributed by atoms with Crippen molar-refractivity contribution in [1.82, 2.24) is 0 Å². The zero-order valence-corrected chi connectivity index (χ0v) is 8.26. The highest BCUT2D eigenvalue weighted by molar-refractivity contribution is 5.73. The number of alkyl halides is 2. The lowest BCUT2D eigenvalue weighted by atomic mass is 10.2. The summed E-state index contributed by atoms with van der Waals surface area (Å²) in [6, 6.07) is 0. The monoisotopic (exact) mass is 210 g/mol. The smallest absolute Gasteiger partial charge is 0.455 e. The molecule has 0 radical (unpaired) electrons. The molecule has 0 aliphatic rings. The van der Waals surface area contributed by atoms with Crippen LogP contribution in [0.5, 0.6) is 0 Å². The van der Waals surface area contributed by atoms with Gasteiger partial charge in [-0.15, -0.1) is 0 Å². The molecule has 0 aliphatic heterocycles. The van der Waals surface area contributed by atoms with Gasteiger partial charge >= 0.3 is 12.1 Å². The van der Waals surface area contributed by atoms with E-state index in [-0.39, 0.29) is 6.61 Å². The molecule has 0 unspecified atom stereocenters. The van der Waals surface area contributed by atoms with Gasteiger partial charge in [-0.25, -0.2) is 4.79 Å². The molecule has 0 atom stereocenters. The number of carbonyl (C=O) groups is 1. The third-order valence-electron chi connectivity index (χ3n) is 1.78. The van der Waals surface area contributed by atoms with Crippen LogP contribution in [-0.2, 0) is 9.53 Å². The number of hydrogen-bond donors (Lipinski definition) is 1. The number of rotatable bonds is 8. The van der Waals surface area contributed by atoms with Gasteiger partial charge in [-0.2, -0.15) is 8.78 Å². The minimum absolute atomic E-state index is 0.205. The molecule has 0 saturated carbocycles. The maximum atomic E-state index is 12.3. The highest BCUT2D eigenvalue weighted by Crippen LogP contribution is 2.16. The first-order chi connectivity index (χ1) is 6.50. The normalized spacial score (nSPS) is 11.6. The van der Waals surface area contributed by atoms with Gasteiger partial charge in [-0.05, 0) is 6.42 Å². The molecule has 0 spiro atoms. The van der Waals surface area contributed by atoms with Crippen molar-refractivity contribution in [2.45, 2.75) is 45.1 Å². The molecule has 0 aromatic heterocycles. The van der Waals surface area contributed by atoms with Crippen LogP contribution in [0.4, 0.5) is 8.78 Å². The molecule has 5 heteroatoms. The Morgan fingerprint density at radius 2 is 1.86 bits per heavy atom. The van der Waals surface area contributed by atoms with Crippen molar-refractivity contribution in [3.63, 3.8) is 0 Å². The number of aliphatic carboxylic acids is 1. The summed E-state index contributed by atoms with van der Waals surface area (Å²) in [5.74, 6) is -2.23. The lowest BCUT2D eigenvalue weighted by Gasteiger charge is -2.11. The van der Waals surface area contributed by atoms with E-state index in [1.54, 1.807) is 0 Å². The molecule has 0 aliphatic carbocycles. The minimum Gasteiger partial charge on any atom is -0.475 e. The number of halogens is 2. The molecule has 0 aromatic rings. The first-order valence-corrected chi connectivity index (χ1v) is 4.76. The van der Waals surface area contributed by atoms with E-state index in [0.29, 0.717) is 6.42 Å². The van der Waals surface area contributed by atoms with Crippen molar-refractivity contribution in [2.24, 2.45) is 0 Å². The highest BCUT2D eigenvalue weighted by Gasteiger charge is 2.40. The molecule has 0 fully saturated rings. The van der Waals surface area contributed by atoms with Crippen LogP contribution in [0.3, 0.4) is 0 Å². The molecule has 84 valence electrons. The fraction of sp³-hybridized carbons (Fsp3) is 0.889. The third-order valence-corrected chi connectivity index (χ3v) is 1.78. The Morgan fingerprint density at radius 1 is 1.29 bits per heavy atom. The highest BCUT2D eigenvalue weighted by atomic mass is 19.3. The summed E-state index contributed by atoms with van der Waals surface area (Å²) < 4.78 is 28.5. The Labute approximate surface area is 82.1 Å². The van der Waals surface area contributed by atoms with Gasteiger partial charge in [0.2, 0.25) is 0 Å². The molecule has 0 bridgehead atoms. The van der Waals surface area contributed by atoms with Crippen molar-refractivity contribution in [2.75, 3.05) is 6.61 Å². The maximum Gasteiger partial charge on any atom is 0.455 e. The second-order valence-electron chi connectivity index (χ2n) is 3.08. The topological polar surface area (TPSA) is 46.5 Å². The van der Waals surface area contributed by atoms with Crippen molar-refractivity contribution >= 4 is 5.97 Å². The lowest BCUT2D eigenvalue weighted by Crippen LogP contribution is -2.31. The molecule has 1 N–H and O–H groups in total. The Morgan fingerprint density at radius 3 is 2.36 bits per heavy atom. The molecule has 0 saturated heterocycles. The second kappa shape index (κ2) is 6.70. The quantitative estimate of drug-likeness (QED) is 0.626. The van der Waals surface area contributed by atoms with Crippen LogP contribution >= 0.6 is 0 Å². The summed E-state index contributed by atoms with van der Waals surface area (Å²) in [5.41, 5.74) is 0. The van der Waals surface area contributed by atoms with Crippen molar-refractivity contribution < 1.29 is 23.4 Å². The van der Waals surface area contributed by atoms with Crippen molar-refractivity contribution in [1.29, 1.82) is 0 Å². The Bertz CT molecular complexity index is 171. The van der Waals surface area contributed by atoms with Crippen molar-refractivity contribution in [3.05, 3.63) is 0 Å². The fourth-order valence-corrected chi connectivity index (χ4v) is 0.968. The molecule has 0 heterocycles. The van der Waals surface area contributed by atoms with Crippen LogP contribution in [-0.4, -0.2) is 23.8 Å². The lowest BCUT2D eigenvalue weighted by molar-refractivity contribution is -0.245. The average Bonchev–Trinajstić information content (AvgIpc) is 2.10. The predicted molar refractivity (Wildman–Crippen MR) is 47.3 cm³/mol. The van der Waals surface area contributed by atoms with E-state index in [4.69, 9.17) is 5.11 Å². The van der Waals surface area contributed by atoms with Crippen molar-refractivity contribution in [3.8, 4) is 0 Å². The van der Waals surface area contributed by atoms with Gasteiger partial charge in [0.1, 0.15) is 0 Å². The molecular weight excluding hydrogens is 194 g/mol. The molecule has 0 amide bonds. The van der Waals surface area contributed by atoms with Gasteiger partial charge in [0.05, 0.1) is 6.61 Å². The molecule has 3 nitrogen and oxygen atoms in total. The molecule has 0 aromatic carbocycles. The van der Waals surface area contributed by atoms with E-state index in [0.717, 1.165) is 25.7 Å². The summed E-state index contributed by atoms with van der Waals surface area (Å²) >= 11 is 0. The molecule has 14 heavy (non-hydrogen) atoms. The third kappa shape index (κ3) is 5.85. The van der Waals surface area contributed by atoms with Gasteiger partial charge in [-0.1, -0.05) is 32.6 Å². The summed E-state index contributed by atoms with van der Waals surface area (Å²) in [5, 5.41) is 8.01. The zero-order valence-electron chi connectivity index (χ0n) is 8.26. The number of hydrogen-bond acceptors (Lipinski definition) is 2. The number of carboxylic acid groups (broad SMARTS) is 1. The van der Waals surface area contributed by atoms with E-state index in [1.165, 1.54) is 0 Å². The second-order valence-corrected chi connectivity index (χ2v) is 3.08.